The van der Waals surface area contributed by atoms with Gasteiger partial charge >= 0.3 is 51.7 Å². The molecule has 15 nitrogen and oxygen atoms in total. The van der Waals surface area contributed by atoms with E-state index in [0.717, 1.165) is 0 Å². The molecule has 44 heavy (non-hydrogen) atoms. The SMILES string of the molecule is CC(CCCC(C)(N)C(=O)[O-])C(=O)[O-].CC(CCCC(C)(N)C(=O)[O-])C(=O)[O-].CC(CCCC(C)(N)C(=O)[O-])C(=O)[O-].[In+3].[In+3]. The number of carboxylic acids is 6. The van der Waals surface area contributed by atoms with Crippen LogP contribution in [0.2, 0.25) is 0 Å². The molecule has 0 aliphatic rings. The maximum absolute atomic E-state index is 10.5. The molecule has 0 heterocycles. The molecular weight excluding hydrogens is 788 g/mol. The zero-order valence-corrected chi connectivity index (χ0v) is 33.0. The minimum atomic E-state index is -1.38. The maximum atomic E-state index is 10.5. The summed E-state index contributed by atoms with van der Waals surface area (Å²) in [6, 6.07) is 0. The van der Waals surface area contributed by atoms with Crippen molar-refractivity contribution in [2.24, 2.45) is 35.0 Å². The summed E-state index contributed by atoms with van der Waals surface area (Å²) in [5.41, 5.74) is 12.0. The molecule has 0 rings (SSSR count). The van der Waals surface area contributed by atoms with Crippen molar-refractivity contribution in [1.29, 1.82) is 0 Å². The first-order valence-electron chi connectivity index (χ1n) is 13.4. The van der Waals surface area contributed by atoms with Gasteiger partial charge in [0.25, 0.3) is 0 Å². The van der Waals surface area contributed by atoms with Gasteiger partial charge in [-0.2, -0.15) is 0 Å². The number of carboxylic acid groups (broad SMARTS) is 6. The Morgan fingerprint density at radius 2 is 0.636 bits per heavy atom. The second kappa shape index (κ2) is 24.6. The molecule has 0 saturated carbocycles. The van der Waals surface area contributed by atoms with E-state index in [9.17, 15) is 59.4 Å². The summed E-state index contributed by atoms with van der Waals surface area (Å²) in [5, 5.41) is 62.4. The molecular formula is C27H45In2N3O12. The Morgan fingerprint density at radius 1 is 0.477 bits per heavy atom. The number of hydrogen-bond donors (Lipinski definition) is 3. The van der Waals surface area contributed by atoms with Crippen molar-refractivity contribution in [3.63, 3.8) is 0 Å². The topological polar surface area (TPSA) is 319 Å². The summed E-state index contributed by atoms with van der Waals surface area (Å²) in [6.07, 6.45) is 2.97. The third kappa shape index (κ3) is 25.7. The van der Waals surface area contributed by atoms with E-state index in [1.807, 2.05) is 0 Å². The van der Waals surface area contributed by atoms with Crippen LogP contribution in [0.4, 0.5) is 0 Å². The molecule has 17 heteroatoms. The summed E-state index contributed by atoms with van der Waals surface area (Å²) < 4.78 is 0. The standard InChI is InChI=1S/3C9H17NO4.2In/c3*1-6(7(11)12)4-3-5-9(2,10)8(13)14;;/h3*6H,3-5,10H2,1-2H3,(H,11,12)(H,13,14);;/q;;;2*+3/p-6. The molecule has 246 valence electrons. The van der Waals surface area contributed by atoms with E-state index >= 15 is 0 Å². The van der Waals surface area contributed by atoms with Gasteiger partial charge in [0, 0.05) is 17.9 Å². The van der Waals surface area contributed by atoms with E-state index in [2.05, 4.69) is 0 Å². The van der Waals surface area contributed by atoms with Gasteiger partial charge in [-0.15, -0.1) is 0 Å². The normalized spacial score (nSPS) is 16.3. The first kappa shape index (κ1) is 52.0. The van der Waals surface area contributed by atoms with Gasteiger partial charge in [0.15, 0.2) is 0 Å². The molecule has 6 N–H and O–H groups in total. The molecule has 6 atom stereocenters. The fraction of sp³-hybridized carbons (Fsp3) is 0.778. The van der Waals surface area contributed by atoms with Gasteiger partial charge in [-0.05, 0) is 77.0 Å². The number of carbonyl (C=O) groups excluding carboxylic acids is 6. The van der Waals surface area contributed by atoms with Crippen LogP contribution in [0.3, 0.4) is 0 Å². The van der Waals surface area contributed by atoms with Crippen molar-refractivity contribution in [3.05, 3.63) is 0 Å². The van der Waals surface area contributed by atoms with Gasteiger partial charge in [0.05, 0.1) is 34.5 Å². The molecule has 0 fully saturated rings. The quantitative estimate of drug-likeness (QED) is 0.116. The molecule has 6 unspecified atom stereocenters. The van der Waals surface area contributed by atoms with Crippen molar-refractivity contribution in [1.82, 2.24) is 0 Å². The summed E-state index contributed by atoms with van der Waals surface area (Å²) in [6.45, 7) is 8.61. The van der Waals surface area contributed by atoms with Gasteiger partial charge in [-0.25, -0.2) is 0 Å². The van der Waals surface area contributed by atoms with E-state index in [0.29, 0.717) is 38.5 Å². The van der Waals surface area contributed by atoms with Crippen LogP contribution in [0, 0.1) is 17.8 Å². The third-order valence-corrected chi connectivity index (χ3v) is 6.61. The van der Waals surface area contributed by atoms with Gasteiger partial charge in [-0.1, -0.05) is 40.0 Å². The fourth-order valence-electron chi connectivity index (χ4n) is 2.99. The van der Waals surface area contributed by atoms with Gasteiger partial charge < -0.3 is 76.6 Å². The van der Waals surface area contributed by atoms with Crippen LogP contribution >= 0.6 is 0 Å². The molecule has 0 saturated heterocycles. The number of rotatable bonds is 18. The number of hydrogen-bond acceptors (Lipinski definition) is 15. The van der Waals surface area contributed by atoms with Gasteiger partial charge in [0.2, 0.25) is 0 Å². The van der Waals surface area contributed by atoms with Gasteiger partial charge in [-0.3, -0.25) is 0 Å². The molecule has 0 bridgehead atoms. The van der Waals surface area contributed by atoms with Crippen molar-refractivity contribution in [2.45, 2.75) is 116 Å². The Hall–Kier alpha value is -1.56. The Morgan fingerprint density at radius 3 is 0.750 bits per heavy atom. The molecule has 0 spiro atoms. The predicted octanol–water partition coefficient (Wildman–Crippen LogP) is -6.73. The second-order valence-electron chi connectivity index (χ2n) is 11.5. The fourth-order valence-corrected chi connectivity index (χ4v) is 2.99. The Balaban J connectivity index is -0.000000169. The Bertz CT molecular complexity index is 800. The average molecular weight is 833 g/mol. The summed E-state index contributed by atoms with van der Waals surface area (Å²) >= 11 is 0. The summed E-state index contributed by atoms with van der Waals surface area (Å²) in [7, 11) is 0. The van der Waals surface area contributed by atoms with Crippen molar-refractivity contribution >= 4 is 87.5 Å². The van der Waals surface area contributed by atoms with Crippen LogP contribution in [0.1, 0.15) is 99.3 Å². The molecule has 0 aromatic heterocycles. The van der Waals surface area contributed by atoms with Crippen LogP contribution in [0.5, 0.6) is 0 Å². The number of nitrogens with two attached hydrogens (primary N) is 3. The minimum absolute atomic E-state index is 0. The number of carbonyl (C=O) groups is 6. The third-order valence-electron chi connectivity index (χ3n) is 6.61. The van der Waals surface area contributed by atoms with Crippen LogP contribution < -0.4 is 47.8 Å². The second-order valence-corrected chi connectivity index (χ2v) is 11.5. The molecule has 0 aromatic carbocycles. The monoisotopic (exact) mass is 833 g/mol. The van der Waals surface area contributed by atoms with Crippen LogP contribution in [0.25, 0.3) is 0 Å². The van der Waals surface area contributed by atoms with Crippen molar-refractivity contribution < 1.29 is 59.4 Å². The zero-order chi connectivity index (χ0) is 34.1. The largest absolute Gasteiger partial charge is 3.00 e. The van der Waals surface area contributed by atoms with E-state index < -0.39 is 70.2 Å². The minimum Gasteiger partial charge on any atom is -0.550 e. The molecule has 0 aliphatic carbocycles. The number of aliphatic carboxylic acids is 6. The van der Waals surface area contributed by atoms with Crippen LogP contribution in [-0.2, 0) is 28.8 Å². The van der Waals surface area contributed by atoms with E-state index in [-0.39, 0.29) is 70.9 Å². The summed E-state index contributed by atoms with van der Waals surface area (Å²) in [5.74, 6) is -9.07. The Kier molecular flexibility index (Phi) is 29.1. The van der Waals surface area contributed by atoms with E-state index in [1.54, 1.807) is 0 Å². The van der Waals surface area contributed by atoms with Gasteiger partial charge in [0.1, 0.15) is 0 Å². The Labute approximate surface area is 296 Å². The van der Waals surface area contributed by atoms with Crippen LogP contribution in [0.15, 0.2) is 0 Å². The van der Waals surface area contributed by atoms with Crippen molar-refractivity contribution in [2.75, 3.05) is 0 Å². The molecule has 0 aliphatic heterocycles. The zero-order valence-electron chi connectivity index (χ0n) is 26.4. The molecule has 0 amide bonds. The van der Waals surface area contributed by atoms with Crippen LogP contribution in [-0.4, -0.2) is 104 Å². The van der Waals surface area contributed by atoms with E-state index in [1.165, 1.54) is 41.5 Å². The molecule has 0 aromatic rings. The smallest absolute Gasteiger partial charge is 0.550 e. The first-order valence-corrected chi connectivity index (χ1v) is 13.4. The average Bonchev–Trinajstić information content (AvgIpc) is 2.83. The first-order chi connectivity index (χ1) is 18.8. The predicted molar refractivity (Wildman–Crippen MR) is 148 cm³/mol. The maximum Gasteiger partial charge on any atom is 3.00 e. The van der Waals surface area contributed by atoms with E-state index in [4.69, 9.17) is 17.2 Å². The summed E-state index contributed by atoms with van der Waals surface area (Å²) in [4.78, 5) is 62.4. The van der Waals surface area contributed by atoms with Crippen molar-refractivity contribution in [3.8, 4) is 0 Å². The molecule has 0 radical (unpaired) electrons.